The molecule has 2 aromatic carbocycles. The molecule has 3 rings (SSSR count). The van der Waals surface area contributed by atoms with Crippen molar-refractivity contribution in [1.82, 2.24) is 14.9 Å². The van der Waals surface area contributed by atoms with Crippen molar-refractivity contribution in [1.29, 1.82) is 0 Å². The van der Waals surface area contributed by atoms with Gasteiger partial charge in [0.15, 0.2) is 5.82 Å². The Morgan fingerprint density at radius 3 is 2.59 bits per heavy atom. The predicted octanol–water partition coefficient (Wildman–Crippen LogP) is 4.39. The molecule has 1 atom stereocenters. The van der Waals surface area contributed by atoms with Gasteiger partial charge in [0.1, 0.15) is 0 Å². The number of aromatic nitrogens is 3. The van der Waals surface area contributed by atoms with Crippen LogP contribution in [0.5, 0.6) is 0 Å². The summed E-state index contributed by atoms with van der Waals surface area (Å²) in [6.07, 6.45) is 0. The number of amides is 1. The zero-order valence-corrected chi connectivity index (χ0v) is 16.9. The number of aryl methyl sites for hydroxylation is 1. The number of hydrogen-bond donors (Lipinski definition) is 2. The van der Waals surface area contributed by atoms with Crippen LogP contribution in [-0.2, 0) is 4.79 Å². The molecule has 6 nitrogen and oxygen atoms in total. The van der Waals surface area contributed by atoms with Gasteiger partial charge in [-0.25, -0.2) is 4.68 Å². The molecule has 1 heterocycles. The summed E-state index contributed by atoms with van der Waals surface area (Å²) in [5, 5.41) is 11.9. The standard InChI is InChI=1S/C18H17Cl2N5OS/c1-10-3-5-12(6-4-10)16-23-24-18(25(16)21)27-11(2)17(26)22-15-9-13(19)7-8-14(15)20/h3-9,11H,21H2,1-2H3,(H,22,26). The van der Waals surface area contributed by atoms with Crippen LogP contribution < -0.4 is 11.2 Å². The molecule has 1 aromatic heterocycles. The first-order chi connectivity index (χ1) is 12.8. The first kappa shape index (κ1) is 19.5. The van der Waals surface area contributed by atoms with Gasteiger partial charge in [0.2, 0.25) is 11.1 Å². The first-order valence-corrected chi connectivity index (χ1v) is 9.69. The highest BCUT2D eigenvalue weighted by Gasteiger charge is 2.20. The van der Waals surface area contributed by atoms with Crippen LogP contribution in [0.4, 0.5) is 5.69 Å². The largest absolute Gasteiger partial charge is 0.335 e. The van der Waals surface area contributed by atoms with E-state index < -0.39 is 5.25 Å². The molecule has 0 saturated carbocycles. The molecular weight excluding hydrogens is 405 g/mol. The van der Waals surface area contributed by atoms with E-state index in [2.05, 4.69) is 15.5 Å². The van der Waals surface area contributed by atoms with Gasteiger partial charge in [0.05, 0.1) is 16.0 Å². The molecule has 0 aliphatic heterocycles. The fourth-order valence-electron chi connectivity index (χ4n) is 2.30. The maximum absolute atomic E-state index is 12.5. The van der Waals surface area contributed by atoms with Crippen molar-refractivity contribution in [3.8, 4) is 11.4 Å². The number of thioether (sulfide) groups is 1. The quantitative estimate of drug-likeness (QED) is 0.471. The molecule has 9 heteroatoms. The van der Waals surface area contributed by atoms with E-state index in [9.17, 15) is 4.79 Å². The van der Waals surface area contributed by atoms with Crippen LogP contribution in [0.1, 0.15) is 12.5 Å². The Balaban J connectivity index is 1.72. The smallest absolute Gasteiger partial charge is 0.237 e. The maximum atomic E-state index is 12.5. The zero-order valence-electron chi connectivity index (χ0n) is 14.6. The molecule has 0 aliphatic rings. The van der Waals surface area contributed by atoms with Crippen LogP contribution in [0.25, 0.3) is 11.4 Å². The minimum Gasteiger partial charge on any atom is -0.335 e. The highest BCUT2D eigenvalue weighted by molar-refractivity contribution is 8.00. The summed E-state index contributed by atoms with van der Waals surface area (Å²) in [6.45, 7) is 3.75. The summed E-state index contributed by atoms with van der Waals surface area (Å²) in [5.41, 5.74) is 2.45. The van der Waals surface area contributed by atoms with E-state index in [0.29, 0.717) is 26.7 Å². The molecule has 140 valence electrons. The average molecular weight is 422 g/mol. The van der Waals surface area contributed by atoms with Gasteiger partial charge in [-0.15, -0.1) is 10.2 Å². The van der Waals surface area contributed by atoms with E-state index in [-0.39, 0.29) is 5.91 Å². The normalized spacial score (nSPS) is 12.0. The number of nitrogens with zero attached hydrogens (tertiary/aromatic N) is 3. The van der Waals surface area contributed by atoms with E-state index in [1.54, 1.807) is 25.1 Å². The fourth-order valence-corrected chi connectivity index (χ4v) is 3.40. The molecule has 3 aromatic rings. The molecule has 0 bridgehead atoms. The number of nitrogens with one attached hydrogen (secondary N) is 1. The van der Waals surface area contributed by atoms with Crippen molar-refractivity contribution >= 4 is 46.6 Å². The van der Waals surface area contributed by atoms with Gasteiger partial charge in [-0.2, -0.15) is 0 Å². The third-order valence-corrected chi connectivity index (χ3v) is 5.43. The van der Waals surface area contributed by atoms with E-state index in [1.165, 1.54) is 16.4 Å². The Morgan fingerprint density at radius 1 is 1.19 bits per heavy atom. The van der Waals surface area contributed by atoms with E-state index in [1.807, 2.05) is 31.2 Å². The summed E-state index contributed by atoms with van der Waals surface area (Å²) in [4.78, 5) is 12.5. The number of hydrogen-bond acceptors (Lipinski definition) is 5. The van der Waals surface area contributed by atoms with Gasteiger partial charge in [0, 0.05) is 10.6 Å². The number of nitrogens with two attached hydrogens (primary N) is 1. The molecule has 0 radical (unpaired) electrons. The lowest BCUT2D eigenvalue weighted by Crippen LogP contribution is -2.23. The van der Waals surface area contributed by atoms with E-state index in [0.717, 1.165) is 11.1 Å². The Bertz CT molecular complexity index is 974. The van der Waals surface area contributed by atoms with Gasteiger partial charge >= 0.3 is 0 Å². The zero-order chi connectivity index (χ0) is 19.6. The third kappa shape index (κ3) is 4.55. The number of benzene rings is 2. The van der Waals surface area contributed by atoms with Gasteiger partial charge in [-0.1, -0.05) is 64.8 Å². The van der Waals surface area contributed by atoms with Crippen LogP contribution in [0, 0.1) is 6.92 Å². The molecule has 27 heavy (non-hydrogen) atoms. The Morgan fingerprint density at radius 2 is 1.89 bits per heavy atom. The van der Waals surface area contributed by atoms with Crippen LogP contribution in [0.3, 0.4) is 0 Å². The molecule has 1 unspecified atom stereocenters. The van der Waals surface area contributed by atoms with Crippen molar-refractivity contribution in [3.63, 3.8) is 0 Å². The van der Waals surface area contributed by atoms with Gasteiger partial charge in [-0.05, 0) is 32.0 Å². The number of rotatable bonds is 5. The Kier molecular flexibility index (Phi) is 5.94. The minimum atomic E-state index is -0.475. The highest BCUT2D eigenvalue weighted by Crippen LogP contribution is 2.28. The molecule has 0 spiro atoms. The highest BCUT2D eigenvalue weighted by atomic mass is 35.5. The summed E-state index contributed by atoms with van der Waals surface area (Å²) in [5.74, 6) is 6.40. The summed E-state index contributed by atoms with van der Waals surface area (Å²) >= 11 is 13.2. The lowest BCUT2D eigenvalue weighted by molar-refractivity contribution is -0.115. The van der Waals surface area contributed by atoms with Crippen molar-refractivity contribution in [2.75, 3.05) is 11.2 Å². The minimum absolute atomic E-state index is 0.246. The number of carbonyl (C=O) groups is 1. The van der Waals surface area contributed by atoms with Crippen molar-refractivity contribution in [3.05, 3.63) is 58.1 Å². The second kappa shape index (κ2) is 8.21. The second-order valence-corrected chi connectivity index (χ2v) is 8.07. The van der Waals surface area contributed by atoms with Crippen LogP contribution in [0.2, 0.25) is 10.0 Å². The van der Waals surface area contributed by atoms with E-state index in [4.69, 9.17) is 29.0 Å². The molecule has 0 fully saturated rings. The van der Waals surface area contributed by atoms with Crippen molar-refractivity contribution in [2.45, 2.75) is 24.3 Å². The molecule has 1 amide bonds. The lowest BCUT2D eigenvalue weighted by Gasteiger charge is -2.12. The van der Waals surface area contributed by atoms with Crippen LogP contribution in [0.15, 0.2) is 47.6 Å². The number of carbonyl (C=O) groups excluding carboxylic acids is 1. The topological polar surface area (TPSA) is 85.8 Å². The number of anilines is 1. The Labute approximate surface area is 171 Å². The molecular formula is C18H17Cl2N5OS. The van der Waals surface area contributed by atoms with Gasteiger partial charge in [0.25, 0.3) is 0 Å². The predicted molar refractivity (Wildman–Crippen MR) is 111 cm³/mol. The average Bonchev–Trinajstić information content (AvgIpc) is 2.99. The number of nitrogen functional groups attached to an aromatic ring is 1. The van der Waals surface area contributed by atoms with Gasteiger partial charge < -0.3 is 11.2 Å². The van der Waals surface area contributed by atoms with Crippen LogP contribution in [-0.4, -0.2) is 26.0 Å². The molecule has 0 saturated heterocycles. The maximum Gasteiger partial charge on any atom is 0.237 e. The van der Waals surface area contributed by atoms with Crippen molar-refractivity contribution < 1.29 is 4.79 Å². The van der Waals surface area contributed by atoms with Crippen LogP contribution >= 0.6 is 35.0 Å². The number of halogens is 2. The van der Waals surface area contributed by atoms with Gasteiger partial charge in [-0.3, -0.25) is 4.79 Å². The fraction of sp³-hybridized carbons (Fsp3) is 0.167. The lowest BCUT2D eigenvalue weighted by atomic mass is 10.1. The van der Waals surface area contributed by atoms with E-state index >= 15 is 0 Å². The Hall–Kier alpha value is -2.22. The summed E-state index contributed by atoms with van der Waals surface area (Å²) < 4.78 is 1.38. The molecule has 0 aliphatic carbocycles. The molecule has 3 N–H and O–H groups in total. The first-order valence-electron chi connectivity index (χ1n) is 8.05. The SMILES string of the molecule is Cc1ccc(-c2nnc(SC(C)C(=O)Nc3cc(Cl)ccc3Cl)n2N)cc1. The monoisotopic (exact) mass is 421 g/mol. The summed E-state index contributed by atoms with van der Waals surface area (Å²) in [6, 6.07) is 12.7. The summed E-state index contributed by atoms with van der Waals surface area (Å²) in [7, 11) is 0. The van der Waals surface area contributed by atoms with Crippen molar-refractivity contribution in [2.24, 2.45) is 0 Å². The third-order valence-electron chi connectivity index (χ3n) is 3.81. The second-order valence-electron chi connectivity index (χ2n) is 5.92.